The van der Waals surface area contributed by atoms with E-state index in [2.05, 4.69) is 20.8 Å². The summed E-state index contributed by atoms with van der Waals surface area (Å²) in [6, 6.07) is 0. The Labute approximate surface area is 180 Å². The lowest BCUT2D eigenvalue weighted by molar-refractivity contribution is -0.170. The smallest absolute Gasteiger partial charge is 0.322 e. The number of hydrogen-bond donors (Lipinski definition) is 0. The Balaban J connectivity index is 3.90. The summed E-state index contributed by atoms with van der Waals surface area (Å²) in [6.45, 7) is 10.5. The fraction of sp³-hybridized carbons (Fsp3) is 0.920. The van der Waals surface area contributed by atoms with Gasteiger partial charge < -0.3 is 9.47 Å². The zero-order valence-electron chi connectivity index (χ0n) is 20.0. The van der Waals surface area contributed by atoms with Crippen LogP contribution in [0.4, 0.5) is 0 Å². The minimum absolute atomic E-state index is 0.373. The molecule has 0 aliphatic heterocycles. The maximum atomic E-state index is 12.4. The van der Waals surface area contributed by atoms with Crippen LogP contribution in [-0.2, 0) is 19.1 Å². The third kappa shape index (κ3) is 13.7. The second kappa shape index (κ2) is 17.8. The summed E-state index contributed by atoms with van der Waals surface area (Å²) >= 11 is 0. The van der Waals surface area contributed by atoms with Gasteiger partial charge in [0.2, 0.25) is 0 Å². The number of hydrogen-bond acceptors (Lipinski definition) is 4. The fourth-order valence-corrected chi connectivity index (χ4v) is 3.29. The summed E-state index contributed by atoms with van der Waals surface area (Å²) in [7, 11) is 0. The van der Waals surface area contributed by atoms with E-state index < -0.39 is 17.4 Å². The van der Waals surface area contributed by atoms with Crippen molar-refractivity contribution < 1.29 is 19.1 Å². The molecule has 0 N–H and O–H groups in total. The first kappa shape index (κ1) is 27.9. The predicted octanol–water partition coefficient (Wildman–Crippen LogP) is 7.24. The number of esters is 2. The van der Waals surface area contributed by atoms with Crippen LogP contribution in [0.2, 0.25) is 0 Å². The summed E-state index contributed by atoms with van der Waals surface area (Å²) in [5.41, 5.74) is -1.23. The molecule has 4 nitrogen and oxygen atoms in total. The van der Waals surface area contributed by atoms with Gasteiger partial charge >= 0.3 is 11.9 Å². The van der Waals surface area contributed by atoms with Crippen LogP contribution in [0.1, 0.15) is 125 Å². The van der Waals surface area contributed by atoms with Gasteiger partial charge in [0.1, 0.15) is 0 Å². The molecule has 0 amide bonds. The highest BCUT2D eigenvalue weighted by Crippen LogP contribution is 2.22. The predicted molar refractivity (Wildman–Crippen MR) is 121 cm³/mol. The topological polar surface area (TPSA) is 52.6 Å². The second-order valence-electron chi connectivity index (χ2n) is 8.96. The molecular weight excluding hydrogens is 364 g/mol. The normalized spacial score (nSPS) is 12.6. The van der Waals surface area contributed by atoms with Crippen molar-refractivity contribution in [2.75, 3.05) is 13.2 Å². The minimum Gasteiger partial charge on any atom is -0.465 e. The number of ether oxygens (including phenoxy) is 2. The third-order valence-electron chi connectivity index (χ3n) is 5.75. The van der Waals surface area contributed by atoms with Crippen molar-refractivity contribution >= 4 is 11.9 Å². The molecule has 0 aliphatic carbocycles. The Kier molecular flexibility index (Phi) is 17.1. The highest BCUT2D eigenvalue weighted by Gasteiger charge is 2.39. The van der Waals surface area contributed by atoms with Crippen molar-refractivity contribution in [3.8, 4) is 0 Å². The Morgan fingerprint density at radius 3 is 1.69 bits per heavy atom. The average Bonchev–Trinajstić information content (AvgIpc) is 2.71. The van der Waals surface area contributed by atoms with Gasteiger partial charge in [0.15, 0.2) is 5.41 Å². The molecule has 0 heterocycles. The van der Waals surface area contributed by atoms with E-state index in [-0.39, 0.29) is 0 Å². The third-order valence-corrected chi connectivity index (χ3v) is 5.75. The molecule has 0 aromatic rings. The molecule has 29 heavy (non-hydrogen) atoms. The van der Waals surface area contributed by atoms with Crippen LogP contribution in [0.3, 0.4) is 0 Å². The molecule has 0 aromatic carbocycles. The van der Waals surface area contributed by atoms with Gasteiger partial charge in [-0.05, 0) is 32.6 Å². The molecule has 1 atom stereocenters. The molecule has 172 valence electrons. The van der Waals surface area contributed by atoms with Crippen LogP contribution in [0, 0.1) is 11.3 Å². The van der Waals surface area contributed by atoms with Gasteiger partial charge in [-0.25, -0.2) is 0 Å². The summed E-state index contributed by atoms with van der Waals surface area (Å²) < 4.78 is 10.8. The van der Waals surface area contributed by atoms with Gasteiger partial charge in [-0.2, -0.15) is 0 Å². The van der Waals surface area contributed by atoms with Crippen molar-refractivity contribution in [2.24, 2.45) is 11.3 Å². The SMILES string of the molecule is CCCCCCCCCCCCOC(=O)C(C)(C)C(=O)OCC(CC)CCCC. The lowest BCUT2D eigenvalue weighted by Gasteiger charge is -2.22. The molecule has 0 bridgehead atoms. The van der Waals surface area contributed by atoms with E-state index in [1.54, 1.807) is 13.8 Å². The highest BCUT2D eigenvalue weighted by atomic mass is 16.6. The van der Waals surface area contributed by atoms with E-state index >= 15 is 0 Å². The average molecular weight is 413 g/mol. The zero-order valence-corrected chi connectivity index (χ0v) is 20.0. The fourth-order valence-electron chi connectivity index (χ4n) is 3.29. The molecule has 0 saturated carbocycles. The monoisotopic (exact) mass is 412 g/mol. The second-order valence-corrected chi connectivity index (χ2v) is 8.96. The van der Waals surface area contributed by atoms with Gasteiger partial charge in [-0.1, -0.05) is 97.8 Å². The van der Waals surface area contributed by atoms with E-state index in [4.69, 9.17) is 9.47 Å². The molecule has 0 aromatic heterocycles. The van der Waals surface area contributed by atoms with Gasteiger partial charge in [0.25, 0.3) is 0 Å². The van der Waals surface area contributed by atoms with E-state index in [1.807, 2.05) is 0 Å². The van der Waals surface area contributed by atoms with Crippen molar-refractivity contribution in [1.82, 2.24) is 0 Å². The first-order valence-corrected chi connectivity index (χ1v) is 12.2. The van der Waals surface area contributed by atoms with Crippen molar-refractivity contribution in [3.63, 3.8) is 0 Å². The zero-order chi connectivity index (χ0) is 22.0. The van der Waals surface area contributed by atoms with Gasteiger partial charge in [-0.15, -0.1) is 0 Å². The minimum atomic E-state index is -1.23. The number of unbranched alkanes of at least 4 members (excludes halogenated alkanes) is 10. The maximum absolute atomic E-state index is 12.4. The van der Waals surface area contributed by atoms with Crippen molar-refractivity contribution in [1.29, 1.82) is 0 Å². The number of rotatable bonds is 19. The van der Waals surface area contributed by atoms with Gasteiger partial charge in [-0.3, -0.25) is 9.59 Å². The Bertz CT molecular complexity index is 417. The van der Waals surface area contributed by atoms with Crippen molar-refractivity contribution in [2.45, 2.75) is 125 Å². The maximum Gasteiger partial charge on any atom is 0.322 e. The van der Waals surface area contributed by atoms with Crippen LogP contribution < -0.4 is 0 Å². The van der Waals surface area contributed by atoms with Crippen LogP contribution in [0.25, 0.3) is 0 Å². The molecule has 0 fully saturated rings. The van der Waals surface area contributed by atoms with Gasteiger partial charge in [0, 0.05) is 0 Å². The first-order valence-electron chi connectivity index (χ1n) is 12.2. The Morgan fingerprint density at radius 2 is 1.17 bits per heavy atom. The number of carbonyl (C=O) groups excluding carboxylic acids is 2. The highest BCUT2D eigenvalue weighted by molar-refractivity contribution is 5.99. The van der Waals surface area contributed by atoms with Crippen LogP contribution in [0.15, 0.2) is 0 Å². The molecular formula is C25H48O4. The Morgan fingerprint density at radius 1 is 0.690 bits per heavy atom. The van der Waals surface area contributed by atoms with Gasteiger partial charge in [0.05, 0.1) is 13.2 Å². The van der Waals surface area contributed by atoms with Crippen LogP contribution in [0.5, 0.6) is 0 Å². The van der Waals surface area contributed by atoms with E-state index in [0.717, 1.165) is 38.5 Å². The number of carbonyl (C=O) groups is 2. The van der Waals surface area contributed by atoms with E-state index in [1.165, 1.54) is 51.4 Å². The Hall–Kier alpha value is -1.06. The summed E-state index contributed by atoms with van der Waals surface area (Å²) in [5, 5.41) is 0. The summed E-state index contributed by atoms with van der Waals surface area (Å²) in [4.78, 5) is 24.7. The molecule has 0 saturated heterocycles. The summed E-state index contributed by atoms with van der Waals surface area (Å²) in [5.74, 6) is -0.571. The molecule has 0 spiro atoms. The lowest BCUT2D eigenvalue weighted by Crippen LogP contribution is -2.37. The van der Waals surface area contributed by atoms with Crippen LogP contribution in [-0.4, -0.2) is 25.2 Å². The van der Waals surface area contributed by atoms with Crippen molar-refractivity contribution in [3.05, 3.63) is 0 Å². The van der Waals surface area contributed by atoms with E-state index in [0.29, 0.717) is 19.1 Å². The molecule has 0 aliphatic rings. The summed E-state index contributed by atoms with van der Waals surface area (Å²) in [6.07, 6.45) is 16.7. The van der Waals surface area contributed by atoms with Crippen LogP contribution >= 0.6 is 0 Å². The van der Waals surface area contributed by atoms with E-state index in [9.17, 15) is 9.59 Å². The molecule has 4 heteroatoms. The lowest BCUT2D eigenvalue weighted by atomic mass is 9.93. The quantitative estimate of drug-likeness (QED) is 0.127. The standard InChI is InChI=1S/C25H48O4/c1-6-9-11-12-13-14-15-16-17-18-20-28-23(26)25(4,5)24(27)29-21-22(8-3)19-10-7-2/h22H,6-21H2,1-5H3. The molecule has 0 rings (SSSR count). The molecule has 1 unspecified atom stereocenters. The first-order chi connectivity index (χ1) is 13.9. The molecule has 0 radical (unpaired) electrons. The largest absolute Gasteiger partial charge is 0.465 e.